The lowest BCUT2D eigenvalue weighted by Crippen LogP contribution is -2.20. The first-order valence-corrected chi connectivity index (χ1v) is 7.35. The summed E-state index contributed by atoms with van der Waals surface area (Å²) in [7, 11) is 1.30. The first-order chi connectivity index (χ1) is 12.0. The molecule has 2 rings (SSSR count). The Kier molecular flexibility index (Phi) is 6.11. The van der Waals surface area contributed by atoms with Gasteiger partial charge in [0.1, 0.15) is 12.4 Å². The Morgan fingerprint density at radius 1 is 0.960 bits per heavy atom. The van der Waals surface area contributed by atoms with Crippen LogP contribution in [0.3, 0.4) is 0 Å². The Balaban J connectivity index is 1.94. The normalized spacial score (nSPS) is 9.96. The molecule has 7 heteroatoms. The second-order valence-corrected chi connectivity index (χ2v) is 5.05. The van der Waals surface area contributed by atoms with Crippen LogP contribution in [0.25, 0.3) is 0 Å². The maximum Gasteiger partial charge on any atom is 0.338 e. The molecule has 130 valence electrons. The maximum atomic E-state index is 12.0. The van der Waals surface area contributed by atoms with Crippen molar-refractivity contribution in [2.75, 3.05) is 13.7 Å². The van der Waals surface area contributed by atoms with Gasteiger partial charge in [-0.25, -0.2) is 9.59 Å². The molecule has 0 aliphatic rings. The van der Waals surface area contributed by atoms with E-state index in [1.807, 2.05) is 0 Å². The summed E-state index contributed by atoms with van der Waals surface area (Å²) in [6.07, 6.45) is 0. The number of benzene rings is 2. The van der Waals surface area contributed by atoms with Gasteiger partial charge in [0.25, 0.3) is 5.91 Å². The number of primary amides is 1. The molecule has 0 aromatic heterocycles. The molecular weight excluding hydrogens is 326 g/mol. The number of ether oxygens (including phenoxy) is 3. The van der Waals surface area contributed by atoms with Crippen LogP contribution in [-0.4, -0.2) is 31.6 Å². The van der Waals surface area contributed by atoms with E-state index >= 15 is 0 Å². The van der Waals surface area contributed by atoms with Crippen molar-refractivity contribution in [1.29, 1.82) is 0 Å². The molecular formula is C18H17NO6. The monoisotopic (exact) mass is 343 g/mol. The molecule has 0 heterocycles. The highest BCUT2D eigenvalue weighted by atomic mass is 16.5. The average molecular weight is 343 g/mol. The Morgan fingerprint density at radius 2 is 1.68 bits per heavy atom. The minimum absolute atomic E-state index is 0.0175. The van der Waals surface area contributed by atoms with Gasteiger partial charge in [0, 0.05) is 0 Å². The Morgan fingerprint density at radius 3 is 2.32 bits per heavy atom. The van der Waals surface area contributed by atoms with Gasteiger partial charge in [0.15, 0.2) is 6.61 Å². The van der Waals surface area contributed by atoms with E-state index in [9.17, 15) is 14.4 Å². The standard InChI is InChI=1S/C18H17NO6/c1-23-17(21)14-4-2-3-12(9-14)10-25-18(22)13-5-7-15(8-6-13)24-11-16(19)20/h2-9H,10-11H2,1H3,(H2,19,20). The van der Waals surface area contributed by atoms with Crippen LogP contribution in [0, 0.1) is 0 Å². The van der Waals surface area contributed by atoms with Crippen LogP contribution >= 0.6 is 0 Å². The SMILES string of the molecule is COC(=O)c1cccc(COC(=O)c2ccc(OCC(N)=O)cc2)c1. The van der Waals surface area contributed by atoms with E-state index in [1.165, 1.54) is 31.4 Å². The van der Waals surface area contributed by atoms with Gasteiger partial charge in [-0.05, 0) is 42.0 Å². The number of rotatable bonds is 7. The predicted octanol–water partition coefficient (Wildman–Crippen LogP) is 1.69. The van der Waals surface area contributed by atoms with E-state index in [1.54, 1.807) is 24.3 Å². The molecule has 7 nitrogen and oxygen atoms in total. The van der Waals surface area contributed by atoms with Gasteiger partial charge in [0.2, 0.25) is 0 Å². The lowest BCUT2D eigenvalue weighted by atomic mass is 10.1. The van der Waals surface area contributed by atoms with Gasteiger partial charge < -0.3 is 19.9 Å². The molecule has 0 unspecified atom stereocenters. The quantitative estimate of drug-likeness (QED) is 0.767. The fourth-order valence-electron chi connectivity index (χ4n) is 1.98. The third-order valence-corrected chi connectivity index (χ3v) is 3.19. The number of carbonyl (C=O) groups excluding carboxylic acids is 3. The molecule has 0 atom stereocenters. The van der Waals surface area contributed by atoms with Crippen molar-refractivity contribution < 1.29 is 28.6 Å². The van der Waals surface area contributed by atoms with Gasteiger partial charge >= 0.3 is 11.9 Å². The van der Waals surface area contributed by atoms with Gasteiger partial charge in [0.05, 0.1) is 18.2 Å². The fraction of sp³-hybridized carbons (Fsp3) is 0.167. The van der Waals surface area contributed by atoms with E-state index in [-0.39, 0.29) is 13.2 Å². The first kappa shape index (κ1) is 18.0. The summed E-state index contributed by atoms with van der Waals surface area (Å²) in [5, 5.41) is 0. The number of nitrogens with two attached hydrogens (primary N) is 1. The Hall–Kier alpha value is -3.35. The number of hydrogen-bond acceptors (Lipinski definition) is 6. The molecule has 0 saturated heterocycles. The Bertz CT molecular complexity index is 769. The summed E-state index contributed by atoms with van der Waals surface area (Å²) >= 11 is 0. The third-order valence-electron chi connectivity index (χ3n) is 3.19. The molecule has 1 amide bonds. The van der Waals surface area contributed by atoms with Gasteiger partial charge in [-0.1, -0.05) is 12.1 Å². The molecule has 0 aliphatic carbocycles. The summed E-state index contributed by atoms with van der Waals surface area (Å²) in [4.78, 5) is 34.2. The van der Waals surface area contributed by atoms with Gasteiger partial charge in [-0.3, -0.25) is 4.79 Å². The lowest BCUT2D eigenvalue weighted by molar-refractivity contribution is -0.119. The van der Waals surface area contributed by atoms with Gasteiger partial charge in [-0.2, -0.15) is 0 Å². The fourth-order valence-corrected chi connectivity index (χ4v) is 1.98. The molecule has 2 N–H and O–H groups in total. The minimum Gasteiger partial charge on any atom is -0.484 e. The zero-order valence-corrected chi connectivity index (χ0v) is 13.6. The van der Waals surface area contributed by atoms with Crippen LogP contribution in [0.5, 0.6) is 5.75 Å². The summed E-state index contributed by atoms with van der Waals surface area (Å²) in [5.74, 6) is -1.15. The highest BCUT2D eigenvalue weighted by Crippen LogP contribution is 2.14. The van der Waals surface area contributed by atoms with E-state index in [4.69, 9.17) is 15.2 Å². The molecule has 25 heavy (non-hydrogen) atoms. The number of methoxy groups -OCH3 is 1. The second-order valence-electron chi connectivity index (χ2n) is 5.05. The minimum atomic E-state index is -0.585. The molecule has 0 bridgehead atoms. The molecule has 0 fully saturated rings. The largest absolute Gasteiger partial charge is 0.484 e. The van der Waals surface area contributed by atoms with Crippen molar-refractivity contribution in [2.24, 2.45) is 5.73 Å². The van der Waals surface area contributed by atoms with Crippen molar-refractivity contribution >= 4 is 17.8 Å². The van der Waals surface area contributed by atoms with Gasteiger partial charge in [-0.15, -0.1) is 0 Å². The summed E-state index contributed by atoms with van der Waals surface area (Å²) < 4.78 is 15.0. The van der Waals surface area contributed by atoms with Crippen LogP contribution in [-0.2, 0) is 20.9 Å². The van der Waals surface area contributed by atoms with E-state index in [0.717, 1.165) is 0 Å². The highest BCUT2D eigenvalue weighted by Gasteiger charge is 2.10. The molecule has 0 spiro atoms. The van der Waals surface area contributed by atoms with Crippen molar-refractivity contribution in [2.45, 2.75) is 6.61 Å². The Labute approximate surface area is 144 Å². The van der Waals surface area contributed by atoms with Crippen LogP contribution < -0.4 is 10.5 Å². The number of esters is 2. The number of amides is 1. The predicted molar refractivity (Wildman–Crippen MR) is 88.0 cm³/mol. The van der Waals surface area contributed by atoms with Crippen molar-refractivity contribution in [3.8, 4) is 5.75 Å². The number of hydrogen-bond donors (Lipinski definition) is 1. The van der Waals surface area contributed by atoms with Crippen LogP contribution in [0.15, 0.2) is 48.5 Å². The smallest absolute Gasteiger partial charge is 0.338 e. The summed E-state index contributed by atoms with van der Waals surface area (Å²) in [6, 6.07) is 12.7. The molecule has 0 saturated carbocycles. The average Bonchev–Trinajstić information content (AvgIpc) is 2.64. The zero-order valence-electron chi connectivity index (χ0n) is 13.6. The third kappa shape index (κ3) is 5.35. The van der Waals surface area contributed by atoms with Crippen molar-refractivity contribution in [3.63, 3.8) is 0 Å². The van der Waals surface area contributed by atoms with E-state index in [2.05, 4.69) is 4.74 Å². The van der Waals surface area contributed by atoms with E-state index < -0.39 is 17.8 Å². The zero-order chi connectivity index (χ0) is 18.2. The summed E-state index contributed by atoms with van der Waals surface area (Å²) in [5.41, 5.74) is 6.36. The maximum absolute atomic E-state index is 12.0. The second kappa shape index (κ2) is 8.49. The van der Waals surface area contributed by atoms with E-state index in [0.29, 0.717) is 22.4 Å². The molecule has 0 radical (unpaired) electrons. The highest BCUT2D eigenvalue weighted by molar-refractivity contribution is 5.90. The van der Waals surface area contributed by atoms with Crippen LogP contribution in [0.1, 0.15) is 26.3 Å². The molecule has 0 aliphatic heterocycles. The first-order valence-electron chi connectivity index (χ1n) is 7.35. The molecule has 2 aromatic carbocycles. The van der Waals surface area contributed by atoms with Crippen LogP contribution in [0.4, 0.5) is 0 Å². The van der Waals surface area contributed by atoms with Crippen LogP contribution in [0.2, 0.25) is 0 Å². The summed E-state index contributed by atoms with van der Waals surface area (Å²) in [6.45, 7) is -0.218. The van der Waals surface area contributed by atoms with Crippen molar-refractivity contribution in [1.82, 2.24) is 0 Å². The topological polar surface area (TPSA) is 105 Å². The van der Waals surface area contributed by atoms with Crippen molar-refractivity contribution in [3.05, 3.63) is 65.2 Å². The molecule has 2 aromatic rings. The number of carbonyl (C=O) groups is 3. The lowest BCUT2D eigenvalue weighted by Gasteiger charge is -2.07.